The topological polar surface area (TPSA) is 24.5 Å². The Kier molecular flexibility index (Phi) is 13.8. The second-order valence-electron chi connectivity index (χ2n) is 6.08. The van der Waals surface area contributed by atoms with E-state index >= 15 is 0 Å². The van der Waals surface area contributed by atoms with Crippen LogP contribution < -0.4 is 5.32 Å². The Bertz CT molecular complexity index is 193. The van der Waals surface area contributed by atoms with Crippen LogP contribution in [0.3, 0.4) is 0 Å². The molecule has 0 rings (SSSR count). The molecule has 0 unspecified atom stereocenters. The van der Waals surface area contributed by atoms with E-state index in [9.17, 15) is 0 Å². The first-order valence-corrected chi connectivity index (χ1v) is 8.68. The normalized spacial score (nSPS) is 12.0. The Morgan fingerprint density at radius 3 is 2.25 bits per heavy atom. The molecule has 0 aromatic rings. The van der Waals surface area contributed by atoms with Crippen molar-refractivity contribution in [3.8, 4) is 0 Å². The van der Waals surface area contributed by atoms with Gasteiger partial charge in [0.25, 0.3) is 0 Å². The molecule has 122 valence electrons. The second kappa shape index (κ2) is 13.8. The van der Waals surface area contributed by atoms with Crippen molar-refractivity contribution in [1.82, 2.24) is 10.2 Å². The van der Waals surface area contributed by atoms with E-state index in [2.05, 4.69) is 44.8 Å². The highest BCUT2D eigenvalue weighted by molar-refractivity contribution is 4.71. The van der Waals surface area contributed by atoms with Gasteiger partial charge in [-0.1, -0.05) is 41.0 Å². The summed E-state index contributed by atoms with van der Waals surface area (Å²) in [6, 6.07) is 0.736. The highest BCUT2D eigenvalue weighted by Crippen LogP contribution is 2.10. The fourth-order valence-electron chi connectivity index (χ4n) is 2.54. The Morgan fingerprint density at radius 1 is 1.00 bits per heavy atom. The summed E-state index contributed by atoms with van der Waals surface area (Å²) in [6.07, 6.45) is 4.90. The van der Waals surface area contributed by atoms with Crippen molar-refractivity contribution in [2.45, 2.75) is 66.3 Å². The van der Waals surface area contributed by atoms with Gasteiger partial charge in [0.05, 0.1) is 6.61 Å². The van der Waals surface area contributed by atoms with Crippen molar-refractivity contribution in [2.75, 3.05) is 39.4 Å². The van der Waals surface area contributed by atoms with Crippen molar-refractivity contribution in [3.63, 3.8) is 0 Å². The number of nitrogens with zero attached hydrogens (tertiary/aromatic N) is 1. The Morgan fingerprint density at radius 2 is 1.70 bits per heavy atom. The van der Waals surface area contributed by atoms with Crippen LogP contribution in [-0.4, -0.2) is 50.3 Å². The molecule has 0 aliphatic heterocycles. The first-order valence-electron chi connectivity index (χ1n) is 8.68. The van der Waals surface area contributed by atoms with Gasteiger partial charge in [-0.2, -0.15) is 0 Å². The standard InChI is InChI=1S/C17H38N2O/c1-6-9-13-20-14-11-18-10-12-19(15-16(4)5)17(7-2)8-3/h16-18H,6-15H2,1-5H3. The average Bonchev–Trinajstić information content (AvgIpc) is 2.42. The molecule has 0 heterocycles. The van der Waals surface area contributed by atoms with Crippen molar-refractivity contribution < 1.29 is 4.74 Å². The van der Waals surface area contributed by atoms with Gasteiger partial charge >= 0.3 is 0 Å². The number of nitrogens with one attached hydrogen (secondary N) is 1. The summed E-state index contributed by atoms with van der Waals surface area (Å²) >= 11 is 0. The maximum atomic E-state index is 5.56. The van der Waals surface area contributed by atoms with Gasteiger partial charge in [0, 0.05) is 38.8 Å². The van der Waals surface area contributed by atoms with Gasteiger partial charge < -0.3 is 10.1 Å². The smallest absolute Gasteiger partial charge is 0.0590 e. The molecule has 20 heavy (non-hydrogen) atoms. The molecule has 0 spiro atoms. The van der Waals surface area contributed by atoms with Gasteiger partial charge in [-0.25, -0.2) is 0 Å². The van der Waals surface area contributed by atoms with Crippen LogP contribution in [0.1, 0.15) is 60.3 Å². The highest BCUT2D eigenvalue weighted by atomic mass is 16.5. The molecule has 0 aliphatic carbocycles. The molecule has 0 aromatic carbocycles. The molecule has 0 fully saturated rings. The van der Waals surface area contributed by atoms with E-state index in [1.165, 1.54) is 32.2 Å². The fraction of sp³-hybridized carbons (Fsp3) is 1.00. The minimum atomic E-state index is 0.736. The van der Waals surface area contributed by atoms with Gasteiger partial charge in [0.15, 0.2) is 0 Å². The van der Waals surface area contributed by atoms with Crippen LogP contribution >= 0.6 is 0 Å². The summed E-state index contributed by atoms with van der Waals surface area (Å²) in [4.78, 5) is 2.65. The summed E-state index contributed by atoms with van der Waals surface area (Å²) in [5, 5.41) is 3.50. The van der Waals surface area contributed by atoms with Crippen LogP contribution in [0.15, 0.2) is 0 Å². The van der Waals surface area contributed by atoms with Crippen molar-refractivity contribution in [2.24, 2.45) is 5.92 Å². The van der Waals surface area contributed by atoms with Crippen LogP contribution in [0.25, 0.3) is 0 Å². The maximum absolute atomic E-state index is 5.56. The van der Waals surface area contributed by atoms with Crippen LogP contribution in [0.5, 0.6) is 0 Å². The summed E-state index contributed by atoms with van der Waals surface area (Å²) in [5.41, 5.74) is 0. The zero-order valence-electron chi connectivity index (χ0n) is 14.6. The highest BCUT2D eigenvalue weighted by Gasteiger charge is 2.15. The van der Waals surface area contributed by atoms with E-state index in [1.807, 2.05) is 0 Å². The molecular weight excluding hydrogens is 248 g/mol. The monoisotopic (exact) mass is 286 g/mol. The zero-order chi connectivity index (χ0) is 15.2. The molecule has 0 saturated heterocycles. The second-order valence-corrected chi connectivity index (χ2v) is 6.08. The fourth-order valence-corrected chi connectivity index (χ4v) is 2.54. The summed E-state index contributed by atoms with van der Waals surface area (Å²) in [6.45, 7) is 17.6. The van der Waals surface area contributed by atoms with Gasteiger partial charge in [-0.3, -0.25) is 4.90 Å². The lowest BCUT2D eigenvalue weighted by atomic mass is 10.1. The minimum Gasteiger partial charge on any atom is -0.380 e. The molecule has 3 heteroatoms. The van der Waals surface area contributed by atoms with Crippen molar-refractivity contribution >= 4 is 0 Å². The largest absolute Gasteiger partial charge is 0.380 e. The van der Waals surface area contributed by atoms with Gasteiger partial charge in [0.2, 0.25) is 0 Å². The lowest BCUT2D eigenvalue weighted by Gasteiger charge is -2.32. The van der Waals surface area contributed by atoms with Crippen LogP contribution in [-0.2, 0) is 4.74 Å². The SMILES string of the molecule is CCCCOCCNCCN(CC(C)C)C(CC)CC. The number of unbranched alkanes of at least 4 members (excludes halogenated alkanes) is 1. The Hall–Kier alpha value is -0.120. The Balaban J connectivity index is 3.73. The average molecular weight is 287 g/mol. The molecule has 0 atom stereocenters. The molecule has 0 aliphatic rings. The predicted molar refractivity (Wildman–Crippen MR) is 89.4 cm³/mol. The van der Waals surface area contributed by atoms with Gasteiger partial charge in [0.1, 0.15) is 0 Å². The third kappa shape index (κ3) is 10.6. The Labute approximate surface area is 127 Å². The minimum absolute atomic E-state index is 0.736. The summed E-state index contributed by atoms with van der Waals surface area (Å²) in [5.74, 6) is 0.743. The van der Waals surface area contributed by atoms with Gasteiger partial charge in [-0.05, 0) is 25.2 Å². The molecular formula is C17H38N2O. The lowest BCUT2D eigenvalue weighted by molar-refractivity contribution is 0.129. The third-order valence-corrected chi connectivity index (χ3v) is 3.70. The van der Waals surface area contributed by atoms with Crippen molar-refractivity contribution in [1.29, 1.82) is 0 Å². The van der Waals surface area contributed by atoms with Crippen LogP contribution in [0, 0.1) is 5.92 Å². The first kappa shape index (κ1) is 19.9. The van der Waals surface area contributed by atoms with E-state index in [0.717, 1.165) is 44.8 Å². The first-order chi connectivity index (χ1) is 9.65. The van der Waals surface area contributed by atoms with Crippen LogP contribution in [0.4, 0.5) is 0 Å². The van der Waals surface area contributed by atoms with Crippen LogP contribution in [0.2, 0.25) is 0 Å². The van der Waals surface area contributed by atoms with Gasteiger partial charge in [-0.15, -0.1) is 0 Å². The predicted octanol–water partition coefficient (Wildman–Crippen LogP) is 3.54. The third-order valence-electron chi connectivity index (χ3n) is 3.70. The zero-order valence-corrected chi connectivity index (χ0v) is 14.6. The molecule has 1 N–H and O–H groups in total. The lowest BCUT2D eigenvalue weighted by Crippen LogP contribution is -2.41. The van der Waals surface area contributed by atoms with E-state index in [1.54, 1.807) is 0 Å². The van der Waals surface area contributed by atoms with E-state index < -0.39 is 0 Å². The molecule has 3 nitrogen and oxygen atoms in total. The molecule has 0 radical (unpaired) electrons. The van der Waals surface area contributed by atoms with Crippen molar-refractivity contribution in [3.05, 3.63) is 0 Å². The number of ether oxygens (including phenoxy) is 1. The number of rotatable bonds is 14. The number of hydrogen-bond acceptors (Lipinski definition) is 3. The summed E-state index contributed by atoms with van der Waals surface area (Å²) in [7, 11) is 0. The molecule has 0 bridgehead atoms. The molecule has 0 aromatic heterocycles. The number of hydrogen-bond donors (Lipinski definition) is 1. The molecule has 0 saturated carbocycles. The quantitative estimate of drug-likeness (QED) is 0.494. The molecule has 0 amide bonds. The van der Waals surface area contributed by atoms with E-state index in [0.29, 0.717) is 0 Å². The van der Waals surface area contributed by atoms with E-state index in [-0.39, 0.29) is 0 Å². The van der Waals surface area contributed by atoms with E-state index in [4.69, 9.17) is 4.74 Å². The summed E-state index contributed by atoms with van der Waals surface area (Å²) < 4.78 is 5.56. The maximum Gasteiger partial charge on any atom is 0.0590 e.